The van der Waals surface area contributed by atoms with Crippen molar-refractivity contribution in [2.75, 3.05) is 0 Å². The first-order valence-corrected chi connectivity index (χ1v) is 6.59. The quantitative estimate of drug-likeness (QED) is 0.515. The highest BCUT2D eigenvalue weighted by atomic mass is 32.2. The zero-order valence-electron chi connectivity index (χ0n) is 9.47. The Bertz CT molecular complexity index is 494. The van der Waals surface area contributed by atoms with Crippen LogP contribution in [0.25, 0.3) is 11.0 Å². The number of fused-ring (bicyclic) bond motifs is 1. The lowest BCUT2D eigenvalue weighted by Crippen LogP contribution is -1.91. The van der Waals surface area contributed by atoms with E-state index in [0.717, 1.165) is 15.9 Å². The standard InChI is InChI=1S/C11H14N2OS2/c1-6(2)8-4-5-9(16-7(3)15)11-10(8)12-14-13-11/h4-7,15H,1-3H3. The Morgan fingerprint density at radius 1 is 1.19 bits per heavy atom. The molecule has 0 spiro atoms. The fraction of sp³-hybridized carbons (Fsp3) is 0.455. The third-order valence-electron chi connectivity index (χ3n) is 2.33. The summed E-state index contributed by atoms with van der Waals surface area (Å²) >= 11 is 6.02. The van der Waals surface area contributed by atoms with Crippen molar-refractivity contribution in [1.29, 1.82) is 0 Å². The molecule has 0 bridgehead atoms. The maximum absolute atomic E-state index is 4.84. The summed E-state index contributed by atoms with van der Waals surface area (Å²) in [7, 11) is 0. The van der Waals surface area contributed by atoms with Crippen molar-refractivity contribution in [1.82, 2.24) is 10.3 Å². The molecule has 2 rings (SSSR count). The molecule has 1 atom stereocenters. The van der Waals surface area contributed by atoms with E-state index in [0.29, 0.717) is 5.92 Å². The molecule has 86 valence electrons. The molecule has 0 radical (unpaired) electrons. The first-order chi connectivity index (χ1) is 7.59. The predicted molar refractivity (Wildman–Crippen MR) is 70.2 cm³/mol. The van der Waals surface area contributed by atoms with Crippen LogP contribution in [-0.2, 0) is 0 Å². The summed E-state index contributed by atoms with van der Waals surface area (Å²) in [5.41, 5.74) is 2.89. The molecule has 0 aliphatic carbocycles. The third-order valence-corrected chi connectivity index (χ3v) is 3.57. The van der Waals surface area contributed by atoms with E-state index in [1.165, 1.54) is 5.56 Å². The lowest BCUT2D eigenvalue weighted by atomic mass is 10.0. The van der Waals surface area contributed by atoms with E-state index < -0.39 is 0 Å². The van der Waals surface area contributed by atoms with E-state index in [-0.39, 0.29) is 4.58 Å². The molecular formula is C11H14N2OS2. The van der Waals surface area contributed by atoms with Gasteiger partial charge in [0.25, 0.3) is 0 Å². The van der Waals surface area contributed by atoms with Gasteiger partial charge in [0.15, 0.2) is 0 Å². The summed E-state index contributed by atoms with van der Waals surface area (Å²) in [5, 5.41) is 7.96. The minimum Gasteiger partial charge on any atom is -0.243 e. The highest BCUT2D eigenvalue weighted by Gasteiger charge is 2.14. The van der Waals surface area contributed by atoms with Gasteiger partial charge in [-0.15, -0.1) is 11.8 Å². The zero-order chi connectivity index (χ0) is 11.7. The SMILES string of the molecule is CC(S)Sc1ccc(C(C)C)c2nonc12. The van der Waals surface area contributed by atoms with Crippen LogP contribution in [0.2, 0.25) is 0 Å². The van der Waals surface area contributed by atoms with E-state index in [4.69, 9.17) is 4.63 Å². The Balaban J connectivity index is 2.55. The minimum atomic E-state index is 0.227. The lowest BCUT2D eigenvalue weighted by molar-refractivity contribution is 0.315. The molecule has 16 heavy (non-hydrogen) atoms. The van der Waals surface area contributed by atoms with Gasteiger partial charge in [0.2, 0.25) is 0 Å². The Kier molecular flexibility index (Phi) is 3.44. The smallest absolute Gasteiger partial charge is 0.149 e. The first-order valence-electron chi connectivity index (χ1n) is 5.19. The van der Waals surface area contributed by atoms with Gasteiger partial charge < -0.3 is 0 Å². The van der Waals surface area contributed by atoms with Crippen molar-refractivity contribution in [3.05, 3.63) is 17.7 Å². The molecule has 2 aromatic rings. The average Bonchev–Trinajstić information content (AvgIpc) is 2.65. The van der Waals surface area contributed by atoms with E-state index in [1.807, 2.05) is 6.92 Å². The van der Waals surface area contributed by atoms with Gasteiger partial charge in [0.05, 0.1) is 0 Å². The number of rotatable bonds is 3. The summed E-state index contributed by atoms with van der Waals surface area (Å²) < 4.78 is 5.07. The van der Waals surface area contributed by atoms with Gasteiger partial charge >= 0.3 is 0 Å². The van der Waals surface area contributed by atoms with Crippen LogP contribution in [0.5, 0.6) is 0 Å². The normalized spacial score (nSPS) is 13.6. The molecule has 0 saturated heterocycles. The summed E-state index contributed by atoms with van der Waals surface area (Å²) in [6.07, 6.45) is 0. The lowest BCUT2D eigenvalue weighted by Gasteiger charge is -2.08. The predicted octanol–water partition coefficient (Wildman–Crippen LogP) is 3.71. The van der Waals surface area contributed by atoms with Crippen LogP contribution in [0, 0.1) is 0 Å². The van der Waals surface area contributed by atoms with Crippen LogP contribution < -0.4 is 0 Å². The Morgan fingerprint density at radius 3 is 2.50 bits per heavy atom. The molecule has 0 aliphatic rings. The van der Waals surface area contributed by atoms with Gasteiger partial charge in [0, 0.05) is 9.48 Å². The zero-order valence-corrected chi connectivity index (χ0v) is 11.2. The minimum absolute atomic E-state index is 0.227. The molecule has 1 aromatic carbocycles. The van der Waals surface area contributed by atoms with Gasteiger partial charge in [0.1, 0.15) is 11.0 Å². The third kappa shape index (κ3) is 2.20. The van der Waals surface area contributed by atoms with Gasteiger partial charge in [-0.2, -0.15) is 12.6 Å². The molecule has 1 heterocycles. The maximum Gasteiger partial charge on any atom is 0.149 e. The largest absolute Gasteiger partial charge is 0.243 e. The molecular weight excluding hydrogens is 240 g/mol. The van der Waals surface area contributed by atoms with Crippen LogP contribution in [0.15, 0.2) is 21.7 Å². The second-order valence-corrected chi connectivity index (χ2v) is 6.49. The van der Waals surface area contributed by atoms with Crippen molar-refractivity contribution >= 4 is 35.4 Å². The molecule has 0 fully saturated rings. The number of thiol groups is 1. The van der Waals surface area contributed by atoms with E-state index >= 15 is 0 Å². The van der Waals surface area contributed by atoms with Crippen molar-refractivity contribution in [2.24, 2.45) is 0 Å². The van der Waals surface area contributed by atoms with Gasteiger partial charge in [-0.25, -0.2) is 4.63 Å². The summed E-state index contributed by atoms with van der Waals surface area (Å²) in [4.78, 5) is 1.07. The van der Waals surface area contributed by atoms with E-state index in [9.17, 15) is 0 Å². The Morgan fingerprint density at radius 2 is 1.88 bits per heavy atom. The number of thioether (sulfide) groups is 1. The van der Waals surface area contributed by atoms with E-state index in [2.05, 4.69) is 48.9 Å². The van der Waals surface area contributed by atoms with Crippen LogP contribution in [-0.4, -0.2) is 14.9 Å². The molecule has 0 aliphatic heterocycles. The molecule has 0 N–H and O–H groups in total. The van der Waals surface area contributed by atoms with Crippen LogP contribution in [0.4, 0.5) is 0 Å². The number of hydrogen-bond donors (Lipinski definition) is 1. The number of aromatic nitrogens is 2. The molecule has 5 heteroatoms. The molecule has 0 amide bonds. The average molecular weight is 254 g/mol. The van der Waals surface area contributed by atoms with Crippen molar-refractivity contribution in [2.45, 2.75) is 36.2 Å². The molecule has 0 saturated carbocycles. The Labute approximate surface area is 104 Å². The number of benzene rings is 1. The van der Waals surface area contributed by atoms with Gasteiger partial charge in [-0.1, -0.05) is 19.9 Å². The highest BCUT2D eigenvalue weighted by Crippen LogP contribution is 2.33. The van der Waals surface area contributed by atoms with Crippen LogP contribution >= 0.6 is 24.4 Å². The maximum atomic E-state index is 4.84. The van der Waals surface area contributed by atoms with Crippen molar-refractivity contribution in [3.8, 4) is 0 Å². The van der Waals surface area contributed by atoms with Crippen LogP contribution in [0.3, 0.4) is 0 Å². The van der Waals surface area contributed by atoms with E-state index in [1.54, 1.807) is 11.8 Å². The fourth-order valence-corrected chi connectivity index (χ4v) is 2.71. The number of nitrogens with zero attached hydrogens (tertiary/aromatic N) is 2. The second-order valence-electron chi connectivity index (χ2n) is 3.99. The van der Waals surface area contributed by atoms with Crippen molar-refractivity contribution in [3.63, 3.8) is 0 Å². The van der Waals surface area contributed by atoms with Crippen LogP contribution in [0.1, 0.15) is 32.3 Å². The molecule has 3 nitrogen and oxygen atoms in total. The topological polar surface area (TPSA) is 38.9 Å². The summed E-state index contributed by atoms with van der Waals surface area (Å²) in [6, 6.07) is 4.16. The van der Waals surface area contributed by atoms with Gasteiger partial charge in [-0.05, 0) is 34.8 Å². The molecule has 1 aromatic heterocycles. The van der Waals surface area contributed by atoms with Crippen molar-refractivity contribution < 1.29 is 4.63 Å². The summed E-state index contributed by atoms with van der Waals surface area (Å²) in [5.74, 6) is 0.418. The monoisotopic (exact) mass is 254 g/mol. The first kappa shape index (κ1) is 11.8. The highest BCUT2D eigenvalue weighted by molar-refractivity contribution is 8.10. The Hall–Kier alpha value is -0.680. The molecule has 1 unspecified atom stereocenters. The fourth-order valence-electron chi connectivity index (χ4n) is 1.61. The number of hydrogen-bond acceptors (Lipinski definition) is 5. The summed E-state index contributed by atoms with van der Waals surface area (Å²) in [6.45, 7) is 6.30. The second kappa shape index (κ2) is 4.67. The van der Waals surface area contributed by atoms with Gasteiger partial charge in [-0.3, -0.25) is 0 Å².